The van der Waals surface area contributed by atoms with E-state index >= 15 is 0 Å². The topological polar surface area (TPSA) is 58.4 Å². The Kier molecular flexibility index (Phi) is 7.92. The number of amides is 1. The van der Waals surface area contributed by atoms with Crippen molar-refractivity contribution in [3.8, 4) is 0 Å². The van der Waals surface area contributed by atoms with Gasteiger partial charge in [-0.1, -0.05) is 38.8 Å². The molecule has 2 heterocycles. The van der Waals surface area contributed by atoms with Gasteiger partial charge in [-0.25, -0.2) is 0 Å². The summed E-state index contributed by atoms with van der Waals surface area (Å²) in [7, 11) is 0. The molecule has 2 unspecified atom stereocenters. The fraction of sp³-hybridized carbons (Fsp3) is 0.708. The van der Waals surface area contributed by atoms with Gasteiger partial charge in [0, 0.05) is 30.7 Å². The van der Waals surface area contributed by atoms with E-state index in [1.807, 2.05) is 18.2 Å². The molecule has 1 amide bonds. The van der Waals surface area contributed by atoms with Gasteiger partial charge in [-0.15, -0.1) is 0 Å². The van der Waals surface area contributed by atoms with Gasteiger partial charge in [-0.2, -0.15) is 0 Å². The molecule has 156 valence electrons. The number of rotatable bonds is 11. The zero-order valence-electron chi connectivity index (χ0n) is 17.8. The van der Waals surface area contributed by atoms with E-state index < -0.39 is 0 Å². The van der Waals surface area contributed by atoms with E-state index in [1.54, 1.807) is 0 Å². The molecule has 28 heavy (non-hydrogen) atoms. The van der Waals surface area contributed by atoms with Crippen LogP contribution in [0.4, 0.5) is 0 Å². The van der Waals surface area contributed by atoms with Crippen LogP contribution < -0.4 is 11.1 Å². The third-order valence-electron chi connectivity index (χ3n) is 6.90. The summed E-state index contributed by atoms with van der Waals surface area (Å²) in [6.07, 6.45) is 10.4. The van der Waals surface area contributed by atoms with E-state index in [4.69, 9.17) is 5.73 Å². The van der Waals surface area contributed by atoms with Crippen LogP contribution in [0.3, 0.4) is 0 Å². The second-order valence-electron chi connectivity index (χ2n) is 8.93. The standard InChI is InChI=1S/C24H39N3O/c1-3-6-18(7-4-2)17-26-12-13-27-22-10-11-23(27)16-21(15-22)19-8-5-9-20(14-19)24(25)28/h5,8-9,14,18,21-23,26H,3-4,6-7,10-13,15-17H2,1-2H3,(H2,25,28). The number of fused-ring (bicyclic) bond motifs is 2. The molecular weight excluding hydrogens is 346 g/mol. The Morgan fingerprint density at radius 1 is 1.18 bits per heavy atom. The smallest absolute Gasteiger partial charge is 0.248 e. The molecule has 3 N–H and O–H groups in total. The van der Waals surface area contributed by atoms with Crippen molar-refractivity contribution in [3.05, 3.63) is 35.4 Å². The number of hydrogen-bond donors (Lipinski definition) is 2. The van der Waals surface area contributed by atoms with Crippen LogP contribution >= 0.6 is 0 Å². The maximum absolute atomic E-state index is 11.5. The predicted molar refractivity (Wildman–Crippen MR) is 117 cm³/mol. The summed E-state index contributed by atoms with van der Waals surface area (Å²) in [5.74, 6) is 1.09. The Hall–Kier alpha value is -1.39. The first-order valence-electron chi connectivity index (χ1n) is 11.5. The minimum atomic E-state index is -0.321. The highest BCUT2D eigenvalue weighted by Crippen LogP contribution is 2.42. The second-order valence-corrected chi connectivity index (χ2v) is 8.93. The van der Waals surface area contributed by atoms with Crippen molar-refractivity contribution >= 4 is 5.91 Å². The van der Waals surface area contributed by atoms with Gasteiger partial charge in [-0.05, 0) is 74.6 Å². The molecule has 0 saturated carbocycles. The molecular formula is C24H39N3O. The first-order chi connectivity index (χ1) is 13.6. The van der Waals surface area contributed by atoms with E-state index in [0.29, 0.717) is 23.6 Å². The van der Waals surface area contributed by atoms with Gasteiger partial charge in [0.1, 0.15) is 0 Å². The van der Waals surface area contributed by atoms with Crippen molar-refractivity contribution < 1.29 is 4.79 Å². The molecule has 2 aliphatic heterocycles. The second kappa shape index (κ2) is 10.4. The van der Waals surface area contributed by atoms with Crippen LogP contribution in [-0.2, 0) is 0 Å². The SMILES string of the molecule is CCCC(CCC)CNCCN1C2CCC1CC(c1cccc(C(N)=O)c1)C2. The molecule has 4 nitrogen and oxygen atoms in total. The van der Waals surface area contributed by atoms with Gasteiger partial charge in [0.2, 0.25) is 5.91 Å². The molecule has 2 fully saturated rings. The number of benzene rings is 1. The van der Waals surface area contributed by atoms with E-state index in [0.717, 1.165) is 12.5 Å². The number of nitrogens with one attached hydrogen (secondary N) is 1. The van der Waals surface area contributed by atoms with E-state index in [-0.39, 0.29) is 5.91 Å². The Morgan fingerprint density at radius 2 is 1.86 bits per heavy atom. The fourth-order valence-corrected chi connectivity index (χ4v) is 5.54. The number of nitrogens with two attached hydrogens (primary N) is 1. The number of carbonyl (C=O) groups is 1. The number of carbonyl (C=O) groups excluding carboxylic acids is 1. The fourth-order valence-electron chi connectivity index (χ4n) is 5.54. The summed E-state index contributed by atoms with van der Waals surface area (Å²) in [4.78, 5) is 14.3. The average Bonchev–Trinajstić information content (AvgIpc) is 2.92. The maximum Gasteiger partial charge on any atom is 0.248 e. The molecule has 1 aromatic carbocycles. The average molecular weight is 386 g/mol. The van der Waals surface area contributed by atoms with E-state index in [2.05, 4.69) is 30.1 Å². The number of piperidine rings is 1. The number of hydrogen-bond acceptors (Lipinski definition) is 3. The van der Waals surface area contributed by atoms with Crippen LogP contribution in [0.2, 0.25) is 0 Å². The molecule has 2 bridgehead atoms. The highest BCUT2D eigenvalue weighted by atomic mass is 16.1. The molecule has 2 atom stereocenters. The monoisotopic (exact) mass is 385 g/mol. The highest BCUT2D eigenvalue weighted by Gasteiger charge is 2.40. The largest absolute Gasteiger partial charge is 0.366 e. The summed E-state index contributed by atoms with van der Waals surface area (Å²) in [6, 6.07) is 9.40. The molecule has 0 radical (unpaired) electrons. The normalized spacial score (nSPS) is 24.8. The molecule has 2 saturated heterocycles. The van der Waals surface area contributed by atoms with Gasteiger partial charge in [-0.3, -0.25) is 9.69 Å². The lowest BCUT2D eigenvalue weighted by Crippen LogP contribution is -2.45. The lowest BCUT2D eigenvalue weighted by atomic mass is 9.84. The molecule has 0 aliphatic carbocycles. The number of nitrogens with zero attached hydrogens (tertiary/aromatic N) is 1. The van der Waals surface area contributed by atoms with Gasteiger partial charge in [0.15, 0.2) is 0 Å². The van der Waals surface area contributed by atoms with Crippen molar-refractivity contribution in [3.63, 3.8) is 0 Å². The van der Waals surface area contributed by atoms with Gasteiger partial charge >= 0.3 is 0 Å². The molecule has 3 rings (SSSR count). The first-order valence-corrected chi connectivity index (χ1v) is 11.5. The summed E-state index contributed by atoms with van der Waals surface area (Å²) >= 11 is 0. The summed E-state index contributed by atoms with van der Waals surface area (Å²) < 4.78 is 0. The Balaban J connectivity index is 1.49. The maximum atomic E-state index is 11.5. The Morgan fingerprint density at radius 3 is 2.46 bits per heavy atom. The van der Waals surface area contributed by atoms with Crippen molar-refractivity contribution in [1.29, 1.82) is 0 Å². The van der Waals surface area contributed by atoms with Gasteiger partial charge in [0.05, 0.1) is 0 Å². The lowest BCUT2D eigenvalue weighted by molar-refractivity contribution is 0.1000. The quantitative estimate of drug-likeness (QED) is 0.558. The molecule has 0 aromatic heterocycles. The van der Waals surface area contributed by atoms with E-state index in [9.17, 15) is 4.79 Å². The zero-order chi connectivity index (χ0) is 19.9. The third kappa shape index (κ3) is 5.36. The summed E-state index contributed by atoms with van der Waals surface area (Å²) in [5, 5.41) is 3.74. The van der Waals surface area contributed by atoms with Crippen LogP contribution in [0, 0.1) is 5.92 Å². The molecule has 0 spiro atoms. The molecule has 1 aromatic rings. The van der Waals surface area contributed by atoms with Crippen LogP contribution in [-0.4, -0.2) is 42.5 Å². The lowest BCUT2D eigenvalue weighted by Gasteiger charge is -2.39. The van der Waals surface area contributed by atoms with Crippen molar-refractivity contribution in [2.75, 3.05) is 19.6 Å². The Bertz CT molecular complexity index is 612. The highest BCUT2D eigenvalue weighted by molar-refractivity contribution is 5.92. The summed E-state index contributed by atoms with van der Waals surface area (Å²) in [5.41, 5.74) is 7.42. The molecule has 4 heteroatoms. The summed E-state index contributed by atoms with van der Waals surface area (Å²) in [6.45, 7) is 8.05. The van der Waals surface area contributed by atoms with Crippen LogP contribution in [0.15, 0.2) is 24.3 Å². The third-order valence-corrected chi connectivity index (χ3v) is 6.90. The number of primary amides is 1. The molecule has 2 aliphatic rings. The van der Waals surface area contributed by atoms with Crippen LogP contribution in [0.1, 0.15) is 87.1 Å². The van der Waals surface area contributed by atoms with Crippen LogP contribution in [0.25, 0.3) is 0 Å². The zero-order valence-corrected chi connectivity index (χ0v) is 17.8. The van der Waals surface area contributed by atoms with Gasteiger partial charge < -0.3 is 11.1 Å². The van der Waals surface area contributed by atoms with Crippen molar-refractivity contribution in [2.45, 2.75) is 83.2 Å². The minimum absolute atomic E-state index is 0.321. The Labute approximate surface area is 171 Å². The van der Waals surface area contributed by atoms with E-state index in [1.165, 1.54) is 70.0 Å². The van der Waals surface area contributed by atoms with Gasteiger partial charge in [0.25, 0.3) is 0 Å². The minimum Gasteiger partial charge on any atom is -0.366 e. The van der Waals surface area contributed by atoms with Crippen molar-refractivity contribution in [1.82, 2.24) is 10.2 Å². The van der Waals surface area contributed by atoms with Crippen molar-refractivity contribution in [2.24, 2.45) is 11.7 Å². The first kappa shape index (κ1) is 21.3. The van der Waals surface area contributed by atoms with Crippen LogP contribution in [0.5, 0.6) is 0 Å². The predicted octanol–water partition coefficient (Wildman–Crippen LogP) is 4.30.